The van der Waals surface area contributed by atoms with Crippen molar-refractivity contribution < 1.29 is 29.3 Å². The van der Waals surface area contributed by atoms with Crippen LogP contribution in [-0.4, -0.2) is 49.1 Å². The molecule has 0 saturated carbocycles. The van der Waals surface area contributed by atoms with E-state index < -0.39 is 11.9 Å². The number of methoxy groups -OCH3 is 2. The highest BCUT2D eigenvalue weighted by atomic mass is 16.5. The first kappa shape index (κ1) is 23.9. The van der Waals surface area contributed by atoms with Gasteiger partial charge in [-0.05, 0) is 55.5 Å². The molecule has 2 aromatic rings. The minimum Gasteiger partial charge on any atom is -0.478 e. The van der Waals surface area contributed by atoms with Gasteiger partial charge in [-0.1, -0.05) is 0 Å². The number of hydrogen-bond acceptors (Lipinski definition) is 6. The Labute approximate surface area is 158 Å². The highest BCUT2D eigenvalue weighted by Gasteiger charge is 1.99. The lowest BCUT2D eigenvalue weighted by Crippen LogP contribution is -2.11. The molecular weight excluding hydrogens is 352 g/mol. The van der Waals surface area contributed by atoms with Crippen LogP contribution in [0.15, 0.2) is 48.5 Å². The second-order valence-electron chi connectivity index (χ2n) is 5.36. The molecule has 0 radical (unpaired) electrons. The fourth-order valence-corrected chi connectivity index (χ4v) is 1.55. The number of nitrogens with two attached hydrogens (primary N) is 2. The zero-order valence-corrected chi connectivity index (χ0v) is 15.6. The van der Waals surface area contributed by atoms with Crippen molar-refractivity contribution in [3.63, 3.8) is 0 Å². The molecule has 27 heavy (non-hydrogen) atoms. The van der Waals surface area contributed by atoms with Crippen LogP contribution in [0.5, 0.6) is 0 Å². The SMILES string of the molecule is COCC(C)OC.Nc1ccc(C(=O)O)cc1.Nc1ccc(C(=O)O)cc1. The molecule has 0 aromatic heterocycles. The summed E-state index contributed by atoms with van der Waals surface area (Å²) >= 11 is 0. The number of carboxylic acids is 2. The molecule has 8 nitrogen and oxygen atoms in total. The Bertz CT molecular complexity index is 631. The molecule has 0 aliphatic carbocycles. The third kappa shape index (κ3) is 11.2. The monoisotopic (exact) mass is 378 g/mol. The Morgan fingerprint density at radius 1 is 0.852 bits per heavy atom. The maximum absolute atomic E-state index is 10.3. The zero-order valence-electron chi connectivity index (χ0n) is 15.6. The lowest BCUT2D eigenvalue weighted by atomic mass is 10.2. The van der Waals surface area contributed by atoms with Crippen LogP contribution >= 0.6 is 0 Å². The number of aromatic carboxylic acids is 2. The van der Waals surface area contributed by atoms with E-state index in [1.54, 1.807) is 38.5 Å². The molecule has 1 atom stereocenters. The fraction of sp³-hybridized carbons (Fsp3) is 0.263. The van der Waals surface area contributed by atoms with Crippen molar-refractivity contribution in [2.45, 2.75) is 13.0 Å². The molecule has 0 amide bonds. The third-order valence-corrected chi connectivity index (χ3v) is 3.12. The molecule has 1 unspecified atom stereocenters. The zero-order chi connectivity index (χ0) is 20.8. The molecule has 0 saturated heterocycles. The van der Waals surface area contributed by atoms with Crippen molar-refractivity contribution in [2.75, 3.05) is 32.3 Å². The van der Waals surface area contributed by atoms with Crippen LogP contribution in [0.3, 0.4) is 0 Å². The van der Waals surface area contributed by atoms with Gasteiger partial charge < -0.3 is 31.2 Å². The number of anilines is 2. The fourth-order valence-electron chi connectivity index (χ4n) is 1.55. The number of carbonyl (C=O) groups is 2. The molecule has 0 spiro atoms. The number of rotatable bonds is 5. The van der Waals surface area contributed by atoms with E-state index in [2.05, 4.69) is 0 Å². The summed E-state index contributed by atoms with van der Waals surface area (Å²) in [6, 6.07) is 12.1. The Balaban J connectivity index is 0.000000384. The van der Waals surface area contributed by atoms with E-state index in [0.717, 1.165) is 0 Å². The van der Waals surface area contributed by atoms with E-state index in [1.807, 2.05) is 6.92 Å². The number of ether oxygens (including phenoxy) is 2. The predicted molar refractivity (Wildman–Crippen MR) is 104 cm³/mol. The lowest BCUT2D eigenvalue weighted by molar-refractivity contribution is 0.0401. The number of carboxylic acid groups (broad SMARTS) is 2. The summed E-state index contributed by atoms with van der Waals surface area (Å²) in [7, 11) is 3.33. The number of benzene rings is 2. The van der Waals surface area contributed by atoms with Gasteiger partial charge in [0.1, 0.15) is 0 Å². The smallest absolute Gasteiger partial charge is 0.335 e. The topological polar surface area (TPSA) is 145 Å². The van der Waals surface area contributed by atoms with E-state index in [9.17, 15) is 9.59 Å². The summed E-state index contributed by atoms with van der Waals surface area (Å²) in [5, 5.41) is 16.9. The van der Waals surface area contributed by atoms with E-state index >= 15 is 0 Å². The number of nitrogen functional groups attached to an aromatic ring is 2. The Morgan fingerprint density at radius 3 is 1.37 bits per heavy atom. The van der Waals surface area contributed by atoms with Crippen molar-refractivity contribution in [3.8, 4) is 0 Å². The van der Waals surface area contributed by atoms with Crippen LogP contribution in [0, 0.1) is 0 Å². The standard InChI is InChI=1S/2C7H7NO2.C5H12O2/c2*8-6-3-1-5(2-4-6)7(9)10;1-5(7-3)4-6-2/h2*1-4H,8H2,(H,9,10);5H,4H2,1-3H3. The highest BCUT2D eigenvalue weighted by Crippen LogP contribution is 2.05. The van der Waals surface area contributed by atoms with Gasteiger partial charge in [-0.3, -0.25) is 0 Å². The van der Waals surface area contributed by atoms with Gasteiger partial charge in [0.15, 0.2) is 0 Å². The second-order valence-corrected chi connectivity index (χ2v) is 5.36. The highest BCUT2D eigenvalue weighted by molar-refractivity contribution is 5.88. The summed E-state index contributed by atoms with van der Waals surface area (Å²) in [4.78, 5) is 20.5. The van der Waals surface area contributed by atoms with Gasteiger partial charge in [-0.15, -0.1) is 0 Å². The number of hydrogen-bond donors (Lipinski definition) is 4. The average molecular weight is 378 g/mol. The van der Waals surface area contributed by atoms with Crippen LogP contribution in [0.25, 0.3) is 0 Å². The summed E-state index contributed by atoms with van der Waals surface area (Å²) < 4.78 is 9.64. The van der Waals surface area contributed by atoms with Gasteiger partial charge >= 0.3 is 11.9 Å². The van der Waals surface area contributed by atoms with Gasteiger partial charge in [0.05, 0.1) is 23.8 Å². The Hall–Kier alpha value is -3.10. The van der Waals surface area contributed by atoms with Gasteiger partial charge in [0, 0.05) is 25.6 Å². The molecule has 2 rings (SSSR count). The van der Waals surface area contributed by atoms with Crippen molar-refractivity contribution in [1.82, 2.24) is 0 Å². The minimum absolute atomic E-state index is 0.227. The first-order valence-corrected chi connectivity index (χ1v) is 7.90. The first-order chi connectivity index (χ1) is 12.7. The normalized spacial score (nSPS) is 10.5. The molecule has 0 fully saturated rings. The van der Waals surface area contributed by atoms with Crippen molar-refractivity contribution in [2.24, 2.45) is 0 Å². The van der Waals surface area contributed by atoms with Crippen LogP contribution in [0.4, 0.5) is 11.4 Å². The van der Waals surface area contributed by atoms with Crippen molar-refractivity contribution in [3.05, 3.63) is 59.7 Å². The molecule has 0 heterocycles. The average Bonchev–Trinajstić information content (AvgIpc) is 2.63. The quantitative estimate of drug-likeness (QED) is 0.581. The Morgan fingerprint density at radius 2 is 1.19 bits per heavy atom. The van der Waals surface area contributed by atoms with E-state index in [0.29, 0.717) is 18.0 Å². The summed E-state index contributed by atoms with van der Waals surface area (Å²) in [6.07, 6.45) is 0.227. The van der Waals surface area contributed by atoms with E-state index in [4.69, 9.17) is 31.2 Å². The lowest BCUT2D eigenvalue weighted by Gasteiger charge is -2.05. The van der Waals surface area contributed by atoms with Gasteiger partial charge in [0.25, 0.3) is 0 Å². The summed E-state index contributed by atoms with van der Waals surface area (Å²) in [5.74, 6) is -1.86. The van der Waals surface area contributed by atoms with E-state index in [-0.39, 0.29) is 17.2 Å². The van der Waals surface area contributed by atoms with E-state index in [1.165, 1.54) is 24.3 Å². The third-order valence-electron chi connectivity index (χ3n) is 3.12. The molecule has 2 aromatic carbocycles. The predicted octanol–water partition coefficient (Wildman–Crippen LogP) is 2.60. The van der Waals surface area contributed by atoms with Crippen LogP contribution < -0.4 is 11.5 Å². The van der Waals surface area contributed by atoms with Crippen LogP contribution in [0.1, 0.15) is 27.6 Å². The molecule has 8 heteroatoms. The molecule has 0 aliphatic rings. The molecule has 0 aliphatic heterocycles. The molecular formula is C19H26N2O6. The Kier molecular flexibility index (Phi) is 11.6. The second kappa shape index (κ2) is 13.2. The summed E-state index contributed by atoms with van der Waals surface area (Å²) in [5.41, 5.74) is 12.3. The molecule has 6 N–H and O–H groups in total. The molecule has 148 valence electrons. The molecule has 0 bridgehead atoms. The van der Waals surface area contributed by atoms with Gasteiger partial charge in [0.2, 0.25) is 0 Å². The van der Waals surface area contributed by atoms with Crippen LogP contribution in [-0.2, 0) is 9.47 Å². The van der Waals surface area contributed by atoms with Crippen molar-refractivity contribution >= 4 is 23.3 Å². The minimum atomic E-state index is -0.931. The maximum atomic E-state index is 10.3. The van der Waals surface area contributed by atoms with Crippen LogP contribution in [0.2, 0.25) is 0 Å². The van der Waals surface area contributed by atoms with Gasteiger partial charge in [-0.2, -0.15) is 0 Å². The van der Waals surface area contributed by atoms with Crippen molar-refractivity contribution in [1.29, 1.82) is 0 Å². The largest absolute Gasteiger partial charge is 0.478 e. The van der Waals surface area contributed by atoms with Gasteiger partial charge in [-0.25, -0.2) is 9.59 Å². The summed E-state index contributed by atoms with van der Waals surface area (Å²) in [6.45, 7) is 2.64. The maximum Gasteiger partial charge on any atom is 0.335 e. The first-order valence-electron chi connectivity index (χ1n) is 7.90.